The van der Waals surface area contributed by atoms with Gasteiger partial charge >= 0.3 is 5.97 Å². The van der Waals surface area contributed by atoms with Crippen LogP contribution in [0, 0.1) is 17.8 Å². The minimum absolute atomic E-state index is 0.121. The first-order valence-corrected chi connectivity index (χ1v) is 7.18. The Morgan fingerprint density at radius 2 is 1.94 bits per heavy atom. The Labute approximate surface area is 107 Å². The van der Waals surface area contributed by atoms with E-state index in [4.69, 9.17) is 4.74 Å². The van der Waals surface area contributed by atoms with Crippen LogP contribution in [0.2, 0.25) is 0 Å². The fraction of sp³-hybridized carbons (Fsp3) is 0.923. The monoisotopic (exact) mass is 290 g/mol. The second-order valence-electron chi connectivity index (χ2n) is 5.42. The Balaban J connectivity index is 2.61. The Bertz CT molecular complexity index is 238. The molecule has 0 aromatic rings. The number of hydrogen-bond donors (Lipinski definition) is 0. The van der Waals surface area contributed by atoms with Crippen molar-refractivity contribution < 1.29 is 9.53 Å². The van der Waals surface area contributed by atoms with Crippen LogP contribution in [0.15, 0.2) is 0 Å². The third-order valence-corrected chi connectivity index (χ3v) is 3.93. The molecule has 0 bridgehead atoms. The van der Waals surface area contributed by atoms with Crippen LogP contribution in [-0.4, -0.2) is 16.9 Å². The first-order valence-electron chi connectivity index (χ1n) is 6.26. The predicted octanol–water partition coefficient (Wildman–Crippen LogP) is 3.77. The Morgan fingerprint density at radius 1 is 1.31 bits per heavy atom. The number of carbonyl (C=O) groups excluding carboxylic acids is 1. The highest BCUT2D eigenvalue weighted by Crippen LogP contribution is 2.35. The zero-order chi connectivity index (χ0) is 12.3. The largest absolute Gasteiger partial charge is 0.461 e. The average Bonchev–Trinajstić information content (AvgIpc) is 2.16. The van der Waals surface area contributed by atoms with E-state index in [2.05, 4.69) is 36.7 Å². The van der Waals surface area contributed by atoms with Gasteiger partial charge in [-0.05, 0) is 37.5 Å². The molecule has 4 atom stereocenters. The van der Waals surface area contributed by atoms with Crippen LogP contribution < -0.4 is 0 Å². The van der Waals surface area contributed by atoms with Crippen molar-refractivity contribution in [2.45, 2.75) is 57.9 Å². The van der Waals surface area contributed by atoms with Gasteiger partial charge < -0.3 is 4.74 Å². The number of alkyl halides is 1. The third kappa shape index (κ3) is 3.76. The smallest absolute Gasteiger partial charge is 0.319 e. The number of esters is 1. The van der Waals surface area contributed by atoms with Gasteiger partial charge in [-0.1, -0.05) is 43.1 Å². The quantitative estimate of drug-likeness (QED) is 0.584. The van der Waals surface area contributed by atoms with Crippen LogP contribution in [0.4, 0.5) is 0 Å². The maximum absolute atomic E-state index is 11.6. The van der Waals surface area contributed by atoms with Gasteiger partial charge in [-0.2, -0.15) is 0 Å². The molecule has 1 saturated carbocycles. The predicted molar refractivity (Wildman–Crippen MR) is 69.6 cm³/mol. The second kappa shape index (κ2) is 6.04. The maximum Gasteiger partial charge on any atom is 0.319 e. The molecule has 0 aromatic carbocycles. The van der Waals surface area contributed by atoms with Crippen molar-refractivity contribution >= 4 is 21.9 Å². The molecular formula is C13H23BrO2. The molecule has 0 aliphatic heterocycles. The lowest BCUT2D eigenvalue weighted by molar-refractivity contribution is -0.154. The molecule has 0 heterocycles. The van der Waals surface area contributed by atoms with Crippen molar-refractivity contribution in [3.8, 4) is 0 Å². The Morgan fingerprint density at radius 3 is 2.44 bits per heavy atom. The summed E-state index contributed by atoms with van der Waals surface area (Å²) >= 11 is 3.26. The first kappa shape index (κ1) is 14.0. The summed E-state index contributed by atoms with van der Waals surface area (Å²) in [5.74, 6) is 1.69. The summed E-state index contributed by atoms with van der Waals surface area (Å²) in [6.45, 7) is 8.51. The lowest BCUT2D eigenvalue weighted by atomic mass is 9.75. The van der Waals surface area contributed by atoms with Gasteiger partial charge in [0.2, 0.25) is 0 Å². The highest BCUT2D eigenvalue weighted by molar-refractivity contribution is 9.10. The Hall–Kier alpha value is -0.0500. The van der Waals surface area contributed by atoms with Gasteiger partial charge in [-0.15, -0.1) is 0 Å². The molecule has 2 nitrogen and oxygen atoms in total. The fourth-order valence-electron chi connectivity index (χ4n) is 2.49. The molecule has 0 saturated heterocycles. The zero-order valence-corrected chi connectivity index (χ0v) is 12.3. The second-order valence-corrected chi connectivity index (χ2v) is 6.79. The van der Waals surface area contributed by atoms with Crippen molar-refractivity contribution in [3.05, 3.63) is 0 Å². The van der Waals surface area contributed by atoms with E-state index in [9.17, 15) is 4.79 Å². The summed E-state index contributed by atoms with van der Waals surface area (Å²) in [6, 6.07) is 0. The van der Waals surface area contributed by atoms with Gasteiger partial charge in [0.25, 0.3) is 0 Å². The van der Waals surface area contributed by atoms with Crippen molar-refractivity contribution in [1.82, 2.24) is 0 Å². The molecule has 0 aromatic heterocycles. The molecule has 1 aliphatic rings. The summed E-state index contributed by atoms with van der Waals surface area (Å²) in [7, 11) is 0. The van der Waals surface area contributed by atoms with Gasteiger partial charge in [0.1, 0.15) is 10.9 Å². The molecular weight excluding hydrogens is 268 g/mol. The highest BCUT2D eigenvalue weighted by Gasteiger charge is 2.33. The van der Waals surface area contributed by atoms with E-state index in [1.807, 2.05) is 6.92 Å². The van der Waals surface area contributed by atoms with Crippen LogP contribution in [0.1, 0.15) is 47.0 Å². The number of ether oxygens (including phenoxy) is 1. The summed E-state index contributed by atoms with van der Waals surface area (Å²) in [5.41, 5.74) is 0. The standard InChI is InChI=1S/C13H23BrO2/c1-8(2)11-6-5-9(3)7-12(11)16-13(15)10(4)14/h8-12H,5-7H2,1-4H3/t9-,10-,11+,12-/m1/s1. The molecule has 1 aliphatic carbocycles. The van der Waals surface area contributed by atoms with E-state index >= 15 is 0 Å². The normalized spacial score (nSPS) is 32.5. The van der Waals surface area contributed by atoms with E-state index in [-0.39, 0.29) is 16.9 Å². The number of halogens is 1. The average molecular weight is 291 g/mol. The van der Waals surface area contributed by atoms with Crippen molar-refractivity contribution in [2.24, 2.45) is 17.8 Å². The van der Waals surface area contributed by atoms with E-state index in [1.54, 1.807) is 0 Å². The van der Waals surface area contributed by atoms with Crippen LogP contribution in [0.25, 0.3) is 0 Å². The maximum atomic E-state index is 11.6. The van der Waals surface area contributed by atoms with E-state index in [0.717, 1.165) is 6.42 Å². The summed E-state index contributed by atoms with van der Waals surface area (Å²) < 4.78 is 5.61. The van der Waals surface area contributed by atoms with Crippen LogP contribution in [0.5, 0.6) is 0 Å². The van der Waals surface area contributed by atoms with Crippen LogP contribution in [0.3, 0.4) is 0 Å². The molecule has 16 heavy (non-hydrogen) atoms. The lowest BCUT2D eigenvalue weighted by Gasteiger charge is -2.36. The molecule has 0 radical (unpaired) electrons. The molecule has 0 N–H and O–H groups in total. The van der Waals surface area contributed by atoms with E-state index in [0.29, 0.717) is 17.8 Å². The number of rotatable bonds is 3. The van der Waals surface area contributed by atoms with E-state index < -0.39 is 0 Å². The lowest BCUT2D eigenvalue weighted by Crippen LogP contribution is -2.37. The minimum atomic E-state index is -0.197. The van der Waals surface area contributed by atoms with Gasteiger partial charge in [0, 0.05) is 0 Å². The van der Waals surface area contributed by atoms with Gasteiger partial charge in [0.15, 0.2) is 0 Å². The van der Waals surface area contributed by atoms with Crippen molar-refractivity contribution in [1.29, 1.82) is 0 Å². The number of carbonyl (C=O) groups is 1. The molecule has 1 fully saturated rings. The van der Waals surface area contributed by atoms with Crippen molar-refractivity contribution in [3.63, 3.8) is 0 Å². The SMILES string of the molecule is CC(C)[C@@H]1CC[C@@H](C)C[C@H]1OC(=O)[C@@H](C)Br. The summed E-state index contributed by atoms with van der Waals surface area (Å²) in [6.07, 6.45) is 3.60. The third-order valence-electron chi connectivity index (χ3n) is 3.55. The van der Waals surface area contributed by atoms with Crippen molar-refractivity contribution in [2.75, 3.05) is 0 Å². The molecule has 3 heteroatoms. The molecule has 0 spiro atoms. The zero-order valence-electron chi connectivity index (χ0n) is 10.7. The number of hydrogen-bond acceptors (Lipinski definition) is 2. The Kier molecular flexibility index (Phi) is 5.29. The molecule has 0 unspecified atom stereocenters. The van der Waals surface area contributed by atoms with E-state index in [1.165, 1.54) is 12.8 Å². The first-order chi connectivity index (χ1) is 7.41. The van der Waals surface area contributed by atoms with Crippen LogP contribution in [-0.2, 0) is 9.53 Å². The fourth-order valence-corrected chi connectivity index (χ4v) is 2.60. The molecule has 0 amide bonds. The highest BCUT2D eigenvalue weighted by atomic mass is 79.9. The summed E-state index contributed by atoms with van der Waals surface area (Å²) in [5, 5.41) is 0. The van der Waals surface area contributed by atoms with Gasteiger partial charge in [-0.3, -0.25) is 4.79 Å². The molecule has 1 rings (SSSR count). The van der Waals surface area contributed by atoms with Crippen LogP contribution >= 0.6 is 15.9 Å². The minimum Gasteiger partial charge on any atom is -0.461 e. The topological polar surface area (TPSA) is 26.3 Å². The summed E-state index contributed by atoms with van der Waals surface area (Å²) in [4.78, 5) is 11.4. The molecule has 94 valence electrons. The van der Waals surface area contributed by atoms with Gasteiger partial charge in [0.05, 0.1) is 0 Å². The van der Waals surface area contributed by atoms with Gasteiger partial charge in [-0.25, -0.2) is 0 Å².